The zero-order valence-corrected chi connectivity index (χ0v) is 18.4. The number of benzene rings is 2. The van der Waals surface area contributed by atoms with Crippen molar-refractivity contribution in [1.82, 2.24) is 4.90 Å². The Hall–Kier alpha value is -2.93. The van der Waals surface area contributed by atoms with Crippen LogP contribution in [-0.2, 0) is 10.0 Å². The molecule has 0 radical (unpaired) electrons. The standard InChI is InChI=1S/C24H25N3O3S/c1-16(2)21-24(13-5-6-14-24)15-27(21)23(28)17-9-11-18(12-10-17)25-22-19-7-3-4-8-20(19)31(29,30)26-22/h3-12,16,21H,13-15H2,1-2H3,(H,25,26). The van der Waals surface area contributed by atoms with Gasteiger partial charge in [-0.2, -0.15) is 8.42 Å². The fraction of sp³-hybridized carbons (Fsp3) is 0.333. The summed E-state index contributed by atoms with van der Waals surface area (Å²) in [5.74, 6) is 0.753. The van der Waals surface area contributed by atoms with E-state index >= 15 is 0 Å². The number of likely N-dealkylation sites (tertiary alicyclic amines) is 1. The molecule has 1 amide bonds. The quantitative estimate of drug-likeness (QED) is 0.738. The van der Waals surface area contributed by atoms with Gasteiger partial charge in [-0.15, -0.1) is 4.40 Å². The second-order valence-electron chi connectivity index (χ2n) is 8.98. The van der Waals surface area contributed by atoms with Crippen molar-refractivity contribution in [2.75, 3.05) is 11.9 Å². The minimum Gasteiger partial charge on any atom is -0.339 e. The average Bonchev–Trinajstić information content (AvgIpc) is 3.31. The van der Waals surface area contributed by atoms with Gasteiger partial charge in [-0.3, -0.25) is 4.79 Å². The Labute approximate surface area is 182 Å². The van der Waals surface area contributed by atoms with Crippen LogP contribution in [0, 0.1) is 11.3 Å². The fourth-order valence-electron chi connectivity index (χ4n) is 5.30. The second-order valence-corrected chi connectivity index (χ2v) is 10.5. The molecule has 1 N–H and O–H groups in total. The number of nitrogens with zero attached hydrogens (tertiary/aromatic N) is 2. The van der Waals surface area contributed by atoms with Gasteiger partial charge < -0.3 is 10.2 Å². The summed E-state index contributed by atoms with van der Waals surface area (Å²) in [7, 11) is -3.67. The van der Waals surface area contributed by atoms with Gasteiger partial charge in [-0.05, 0) is 55.2 Å². The first-order valence-electron chi connectivity index (χ1n) is 10.6. The van der Waals surface area contributed by atoms with Gasteiger partial charge in [-0.25, -0.2) is 0 Å². The Bertz CT molecular complexity index is 1200. The lowest BCUT2D eigenvalue weighted by molar-refractivity contribution is -0.0666. The molecule has 1 aliphatic carbocycles. The molecule has 1 spiro atoms. The minimum atomic E-state index is -3.67. The number of carbonyl (C=O) groups excluding carboxylic acids is 1. The molecule has 31 heavy (non-hydrogen) atoms. The molecule has 6 nitrogen and oxygen atoms in total. The molecule has 0 aromatic heterocycles. The summed E-state index contributed by atoms with van der Waals surface area (Å²) >= 11 is 0. The van der Waals surface area contributed by atoms with Crippen molar-refractivity contribution < 1.29 is 13.2 Å². The van der Waals surface area contributed by atoms with Gasteiger partial charge in [0.2, 0.25) is 0 Å². The van der Waals surface area contributed by atoms with E-state index < -0.39 is 10.0 Å². The summed E-state index contributed by atoms with van der Waals surface area (Å²) in [4.78, 5) is 15.4. The van der Waals surface area contributed by atoms with Crippen LogP contribution in [0.2, 0.25) is 0 Å². The highest BCUT2D eigenvalue weighted by Crippen LogP contribution is 2.50. The second kappa shape index (κ2) is 7.05. The number of amidine groups is 1. The highest BCUT2D eigenvalue weighted by atomic mass is 32.2. The van der Waals surface area contributed by atoms with Gasteiger partial charge >= 0.3 is 0 Å². The van der Waals surface area contributed by atoms with Crippen molar-refractivity contribution in [3.8, 4) is 0 Å². The van der Waals surface area contributed by atoms with Gasteiger partial charge in [0.25, 0.3) is 15.9 Å². The number of anilines is 1. The molecule has 5 rings (SSSR count). The monoisotopic (exact) mass is 435 g/mol. The Morgan fingerprint density at radius 1 is 1.10 bits per heavy atom. The molecule has 1 fully saturated rings. The summed E-state index contributed by atoms with van der Waals surface area (Å²) < 4.78 is 28.3. The number of amides is 1. The number of fused-ring (bicyclic) bond motifs is 1. The van der Waals surface area contributed by atoms with Crippen LogP contribution >= 0.6 is 0 Å². The maximum atomic E-state index is 13.2. The maximum Gasteiger partial charge on any atom is 0.285 e. The Kier molecular flexibility index (Phi) is 4.55. The van der Waals surface area contributed by atoms with Crippen molar-refractivity contribution in [1.29, 1.82) is 0 Å². The molecule has 1 saturated heterocycles. The topological polar surface area (TPSA) is 78.8 Å². The van der Waals surface area contributed by atoms with Gasteiger partial charge in [0.1, 0.15) is 4.90 Å². The van der Waals surface area contributed by atoms with Crippen LogP contribution in [0.15, 0.2) is 70.0 Å². The summed E-state index contributed by atoms with van der Waals surface area (Å²) in [6.07, 6.45) is 6.58. The highest BCUT2D eigenvalue weighted by molar-refractivity contribution is 7.90. The lowest BCUT2D eigenvalue weighted by Gasteiger charge is -2.58. The Balaban J connectivity index is 1.33. The van der Waals surface area contributed by atoms with E-state index in [0.29, 0.717) is 28.6 Å². The minimum absolute atomic E-state index is 0.0499. The normalized spacial score (nSPS) is 22.4. The molecule has 2 aromatic rings. The van der Waals surface area contributed by atoms with Crippen LogP contribution in [-0.4, -0.2) is 37.6 Å². The predicted molar refractivity (Wildman–Crippen MR) is 121 cm³/mol. The predicted octanol–water partition coefficient (Wildman–Crippen LogP) is 4.06. The molecule has 1 atom stereocenters. The zero-order chi connectivity index (χ0) is 21.8. The zero-order valence-electron chi connectivity index (χ0n) is 17.6. The van der Waals surface area contributed by atoms with Crippen LogP contribution in [0.5, 0.6) is 0 Å². The van der Waals surface area contributed by atoms with E-state index in [1.165, 1.54) is 0 Å². The van der Waals surface area contributed by atoms with Crippen LogP contribution in [0.4, 0.5) is 5.69 Å². The number of allylic oxidation sites excluding steroid dienone is 2. The summed E-state index contributed by atoms with van der Waals surface area (Å²) in [5.41, 5.74) is 2.09. The number of sulfonamides is 1. The number of hydrogen-bond acceptors (Lipinski definition) is 4. The smallest absolute Gasteiger partial charge is 0.285 e. The summed E-state index contributed by atoms with van der Waals surface area (Å²) in [6.45, 7) is 5.17. The lowest BCUT2D eigenvalue weighted by Crippen LogP contribution is -2.67. The van der Waals surface area contributed by atoms with Crippen molar-refractivity contribution in [3.63, 3.8) is 0 Å². The largest absolute Gasteiger partial charge is 0.339 e. The van der Waals surface area contributed by atoms with Crippen molar-refractivity contribution >= 4 is 27.5 Å². The molecule has 3 aliphatic rings. The lowest BCUT2D eigenvalue weighted by atomic mass is 9.65. The van der Waals surface area contributed by atoms with Crippen molar-refractivity contribution in [2.24, 2.45) is 15.7 Å². The van der Waals surface area contributed by atoms with E-state index in [4.69, 9.17) is 0 Å². The third-order valence-corrected chi connectivity index (χ3v) is 7.92. The number of nitrogens with one attached hydrogen (secondary N) is 1. The molecule has 2 aliphatic heterocycles. The molecular weight excluding hydrogens is 410 g/mol. The molecule has 2 aromatic carbocycles. The van der Waals surface area contributed by atoms with Crippen molar-refractivity contribution in [2.45, 2.75) is 37.6 Å². The summed E-state index contributed by atoms with van der Waals surface area (Å²) in [5, 5.41) is 3.08. The molecule has 1 unspecified atom stereocenters. The van der Waals surface area contributed by atoms with Gasteiger partial charge in [0.05, 0.1) is 0 Å². The molecule has 0 bridgehead atoms. The number of rotatable bonds is 3. The number of carbonyl (C=O) groups is 1. The summed E-state index contributed by atoms with van der Waals surface area (Å²) in [6, 6.07) is 14.2. The Morgan fingerprint density at radius 3 is 2.45 bits per heavy atom. The first kappa shape index (κ1) is 20.0. The van der Waals surface area contributed by atoms with Crippen LogP contribution < -0.4 is 5.32 Å². The third kappa shape index (κ3) is 3.19. The maximum absolute atomic E-state index is 13.2. The Morgan fingerprint density at radius 2 is 1.77 bits per heavy atom. The van der Waals surface area contributed by atoms with Crippen LogP contribution in [0.1, 0.15) is 42.6 Å². The van der Waals surface area contributed by atoms with E-state index in [0.717, 1.165) is 19.4 Å². The molecule has 160 valence electrons. The van der Waals surface area contributed by atoms with E-state index in [1.807, 2.05) is 4.90 Å². The van der Waals surface area contributed by atoms with Crippen LogP contribution in [0.25, 0.3) is 0 Å². The van der Waals surface area contributed by atoms with E-state index in [9.17, 15) is 13.2 Å². The van der Waals surface area contributed by atoms with Gasteiger partial charge in [0.15, 0.2) is 5.84 Å². The molecule has 2 heterocycles. The van der Waals surface area contributed by atoms with E-state index in [1.54, 1.807) is 48.5 Å². The van der Waals surface area contributed by atoms with Crippen molar-refractivity contribution in [3.05, 3.63) is 71.8 Å². The van der Waals surface area contributed by atoms with E-state index in [2.05, 4.69) is 35.7 Å². The van der Waals surface area contributed by atoms with Gasteiger partial charge in [-0.1, -0.05) is 38.1 Å². The third-order valence-electron chi connectivity index (χ3n) is 6.58. The fourth-order valence-corrected chi connectivity index (χ4v) is 6.47. The number of hydrogen-bond donors (Lipinski definition) is 1. The highest BCUT2D eigenvalue weighted by Gasteiger charge is 2.55. The van der Waals surface area contributed by atoms with E-state index in [-0.39, 0.29) is 22.3 Å². The SMILES string of the molecule is CC(C)C1N(C(=O)c2ccc(NC3=NS(=O)(=O)c4ccccc43)cc2)CC12CC=CC2. The van der Waals surface area contributed by atoms with Crippen LogP contribution in [0.3, 0.4) is 0 Å². The first-order chi connectivity index (χ1) is 14.8. The molecule has 7 heteroatoms. The van der Waals surface area contributed by atoms with Gasteiger partial charge in [0, 0.05) is 34.8 Å². The molecular formula is C24H25N3O3S. The average molecular weight is 436 g/mol. The first-order valence-corrected chi connectivity index (χ1v) is 12.0. The molecule has 0 saturated carbocycles.